The highest BCUT2D eigenvalue weighted by Gasteiger charge is 2.35. The molecule has 0 fully saturated rings. The Morgan fingerprint density at radius 2 is 1.88 bits per heavy atom. The van der Waals surface area contributed by atoms with Gasteiger partial charge in [-0.3, -0.25) is 4.79 Å². The molecule has 26 heavy (non-hydrogen) atoms. The van der Waals surface area contributed by atoms with Crippen LogP contribution in [0.2, 0.25) is 0 Å². The predicted octanol–water partition coefficient (Wildman–Crippen LogP) is 2.97. The molecule has 0 aliphatic heterocycles. The fourth-order valence-electron chi connectivity index (χ4n) is 2.58. The molecule has 138 valence electrons. The number of aliphatic carboxylic acids is 1. The molecule has 2 N–H and O–H groups in total. The Balaban J connectivity index is 2.32. The number of hydrogen-bond acceptors (Lipinski definition) is 4. The van der Waals surface area contributed by atoms with E-state index in [0.717, 1.165) is 16.9 Å². The molecule has 0 saturated heterocycles. The van der Waals surface area contributed by atoms with Gasteiger partial charge in [0.05, 0.1) is 13.2 Å². The van der Waals surface area contributed by atoms with Gasteiger partial charge in [0.1, 0.15) is 5.75 Å². The molecule has 2 aromatic rings. The maximum Gasteiger partial charge on any atom is 0.331 e. The normalized spacial score (nSPS) is 12.9. The van der Waals surface area contributed by atoms with Crippen molar-refractivity contribution in [1.82, 2.24) is 5.32 Å². The van der Waals surface area contributed by atoms with Gasteiger partial charge >= 0.3 is 5.97 Å². The summed E-state index contributed by atoms with van der Waals surface area (Å²) < 4.78 is 10.6. The zero-order valence-electron chi connectivity index (χ0n) is 15.1. The van der Waals surface area contributed by atoms with Crippen molar-refractivity contribution in [2.24, 2.45) is 0 Å². The summed E-state index contributed by atoms with van der Waals surface area (Å²) in [5.74, 6) is -0.921. The van der Waals surface area contributed by atoms with E-state index in [4.69, 9.17) is 9.47 Å². The minimum absolute atomic E-state index is 0.138. The van der Waals surface area contributed by atoms with Crippen molar-refractivity contribution < 1.29 is 24.2 Å². The summed E-state index contributed by atoms with van der Waals surface area (Å²) in [5, 5.41) is 11.9. The van der Waals surface area contributed by atoms with E-state index < -0.39 is 17.4 Å². The maximum absolute atomic E-state index is 12.6. The van der Waals surface area contributed by atoms with E-state index in [0.29, 0.717) is 12.2 Å². The van der Waals surface area contributed by atoms with Crippen molar-refractivity contribution in [3.8, 4) is 16.9 Å². The molecular weight excluding hydrogens is 334 g/mol. The third kappa shape index (κ3) is 4.40. The molecule has 0 bridgehead atoms. The largest absolute Gasteiger partial charge is 0.493 e. The van der Waals surface area contributed by atoms with Gasteiger partial charge < -0.3 is 19.9 Å². The molecule has 1 amide bonds. The van der Waals surface area contributed by atoms with Crippen molar-refractivity contribution in [3.05, 3.63) is 54.1 Å². The Morgan fingerprint density at radius 1 is 1.15 bits per heavy atom. The highest BCUT2D eigenvalue weighted by Crippen LogP contribution is 2.30. The smallest absolute Gasteiger partial charge is 0.331 e. The summed E-state index contributed by atoms with van der Waals surface area (Å²) in [6.07, 6.45) is 0. The SMILES string of the molecule is CCOc1ccccc1-c1cccc(C(=O)NC(C)(COC)C(=O)O)c1. The van der Waals surface area contributed by atoms with E-state index in [1.54, 1.807) is 18.2 Å². The number of methoxy groups -OCH3 is 1. The van der Waals surface area contributed by atoms with Crippen LogP contribution in [0, 0.1) is 0 Å². The van der Waals surface area contributed by atoms with Crippen molar-refractivity contribution >= 4 is 11.9 Å². The Bertz CT molecular complexity index is 789. The molecule has 0 aromatic heterocycles. The summed E-state index contributed by atoms with van der Waals surface area (Å²) in [7, 11) is 1.39. The minimum Gasteiger partial charge on any atom is -0.493 e. The zero-order valence-corrected chi connectivity index (χ0v) is 15.1. The topological polar surface area (TPSA) is 84.9 Å². The molecule has 0 heterocycles. The summed E-state index contributed by atoms with van der Waals surface area (Å²) in [4.78, 5) is 24.0. The second-order valence-electron chi connectivity index (χ2n) is 6.03. The van der Waals surface area contributed by atoms with Crippen molar-refractivity contribution in [1.29, 1.82) is 0 Å². The van der Waals surface area contributed by atoms with Crippen LogP contribution >= 0.6 is 0 Å². The summed E-state index contributed by atoms with van der Waals surface area (Å²) in [5.41, 5.74) is 0.523. The first-order chi connectivity index (χ1) is 12.4. The molecule has 6 nitrogen and oxygen atoms in total. The number of para-hydroxylation sites is 1. The van der Waals surface area contributed by atoms with Crippen LogP contribution in [0.15, 0.2) is 48.5 Å². The zero-order chi connectivity index (χ0) is 19.2. The second-order valence-corrected chi connectivity index (χ2v) is 6.03. The lowest BCUT2D eigenvalue weighted by Crippen LogP contribution is -2.55. The molecule has 0 spiro atoms. The molecule has 0 saturated carbocycles. The van der Waals surface area contributed by atoms with Crippen molar-refractivity contribution in [2.45, 2.75) is 19.4 Å². The molecule has 2 aromatic carbocycles. The summed E-state index contributed by atoms with van der Waals surface area (Å²) in [6.45, 7) is 3.71. The molecular formula is C20H23NO5. The molecule has 1 unspecified atom stereocenters. The predicted molar refractivity (Wildman–Crippen MR) is 98.4 cm³/mol. The van der Waals surface area contributed by atoms with Gasteiger partial charge in [-0.2, -0.15) is 0 Å². The summed E-state index contributed by atoms with van der Waals surface area (Å²) >= 11 is 0. The second kappa shape index (κ2) is 8.49. The third-order valence-electron chi connectivity index (χ3n) is 3.92. The minimum atomic E-state index is -1.51. The van der Waals surface area contributed by atoms with Gasteiger partial charge in [0.2, 0.25) is 0 Å². The number of carboxylic acids is 1. The first-order valence-corrected chi connectivity index (χ1v) is 8.28. The lowest BCUT2D eigenvalue weighted by atomic mass is 10.00. The molecule has 2 rings (SSSR count). The average Bonchev–Trinajstić information content (AvgIpc) is 2.62. The highest BCUT2D eigenvalue weighted by molar-refractivity contribution is 5.98. The number of hydrogen-bond donors (Lipinski definition) is 2. The van der Waals surface area contributed by atoms with Gasteiger partial charge in [-0.25, -0.2) is 4.79 Å². The van der Waals surface area contributed by atoms with E-state index in [1.807, 2.05) is 37.3 Å². The summed E-state index contributed by atoms with van der Waals surface area (Å²) in [6, 6.07) is 14.5. The number of carbonyl (C=O) groups excluding carboxylic acids is 1. The highest BCUT2D eigenvalue weighted by atomic mass is 16.5. The van der Waals surface area contributed by atoms with Crippen LogP contribution in [0.5, 0.6) is 5.75 Å². The van der Waals surface area contributed by atoms with E-state index in [1.165, 1.54) is 14.0 Å². The fourth-order valence-corrected chi connectivity index (χ4v) is 2.58. The van der Waals surface area contributed by atoms with E-state index in [9.17, 15) is 14.7 Å². The molecule has 0 aliphatic rings. The molecule has 1 atom stereocenters. The molecule has 0 aliphatic carbocycles. The van der Waals surface area contributed by atoms with Crippen LogP contribution in [-0.2, 0) is 9.53 Å². The number of nitrogens with one attached hydrogen (secondary N) is 1. The Kier molecular flexibility index (Phi) is 6.36. The van der Waals surface area contributed by atoms with Crippen LogP contribution in [0.4, 0.5) is 0 Å². The number of carboxylic acid groups (broad SMARTS) is 1. The van der Waals surface area contributed by atoms with Gasteiger partial charge in [-0.15, -0.1) is 0 Å². The fraction of sp³-hybridized carbons (Fsp3) is 0.300. The number of ether oxygens (including phenoxy) is 2. The number of benzene rings is 2. The maximum atomic E-state index is 12.6. The van der Waals surface area contributed by atoms with E-state index in [-0.39, 0.29) is 6.61 Å². The van der Waals surface area contributed by atoms with Gasteiger partial charge in [-0.05, 0) is 37.6 Å². The molecule has 6 heteroatoms. The van der Waals surface area contributed by atoms with Crippen LogP contribution in [-0.4, -0.2) is 42.8 Å². The Hall–Kier alpha value is -2.86. The van der Waals surface area contributed by atoms with Crippen LogP contribution in [0.1, 0.15) is 24.2 Å². The first kappa shape index (κ1) is 19.5. The van der Waals surface area contributed by atoms with Crippen molar-refractivity contribution in [2.75, 3.05) is 20.3 Å². The van der Waals surface area contributed by atoms with E-state index in [2.05, 4.69) is 5.32 Å². The lowest BCUT2D eigenvalue weighted by Gasteiger charge is -2.25. The van der Waals surface area contributed by atoms with Crippen LogP contribution in [0.25, 0.3) is 11.1 Å². The average molecular weight is 357 g/mol. The van der Waals surface area contributed by atoms with E-state index >= 15 is 0 Å². The third-order valence-corrected chi connectivity index (χ3v) is 3.92. The monoisotopic (exact) mass is 357 g/mol. The number of amides is 1. The van der Waals surface area contributed by atoms with Crippen molar-refractivity contribution in [3.63, 3.8) is 0 Å². The standard InChI is InChI=1S/C20H23NO5/c1-4-26-17-11-6-5-10-16(17)14-8-7-9-15(12-14)18(22)21-20(2,13-25-3)19(23)24/h5-12H,4,13H2,1-3H3,(H,21,22)(H,23,24). The van der Waals surface area contributed by atoms with Gasteiger partial charge in [-0.1, -0.05) is 30.3 Å². The number of rotatable bonds is 8. The van der Waals surface area contributed by atoms with Gasteiger partial charge in [0.15, 0.2) is 5.54 Å². The first-order valence-electron chi connectivity index (χ1n) is 8.28. The Labute approximate surface area is 152 Å². The quantitative estimate of drug-likeness (QED) is 0.759. The molecule has 0 radical (unpaired) electrons. The van der Waals surface area contributed by atoms with Crippen LogP contribution < -0.4 is 10.1 Å². The van der Waals surface area contributed by atoms with Gasteiger partial charge in [0.25, 0.3) is 5.91 Å². The lowest BCUT2D eigenvalue weighted by molar-refractivity contribution is -0.145. The van der Waals surface area contributed by atoms with Crippen LogP contribution in [0.3, 0.4) is 0 Å². The Morgan fingerprint density at radius 3 is 2.54 bits per heavy atom. The van der Waals surface area contributed by atoms with Gasteiger partial charge in [0, 0.05) is 18.2 Å². The number of carbonyl (C=O) groups is 2.